The van der Waals surface area contributed by atoms with E-state index in [-0.39, 0.29) is 0 Å². The predicted octanol–water partition coefficient (Wildman–Crippen LogP) is 1.83. The Morgan fingerprint density at radius 2 is 1.94 bits per heavy atom. The van der Waals surface area contributed by atoms with Gasteiger partial charge in [0.15, 0.2) is 0 Å². The molecule has 1 aromatic rings. The Morgan fingerprint density at radius 3 is 2.53 bits per heavy atom. The number of methoxy groups -OCH3 is 3. The van der Waals surface area contributed by atoms with Crippen LogP contribution in [-0.4, -0.2) is 34.0 Å². The molecule has 4 nitrogen and oxygen atoms in total. The van der Waals surface area contributed by atoms with Gasteiger partial charge in [-0.25, -0.2) is 0 Å². The second-order valence-corrected chi connectivity index (χ2v) is 3.92. The third-order valence-electron chi connectivity index (χ3n) is 2.55. The Kier molecular flexibility index (Phi) is 5.80. The minimum absolute atomic E-state index is 0.302. The van der Waals surface area contributed by atoms with Crippen LogP contribution < -0.4 is 14.8 Å². The summed E-state index contributed by atoms with van der Waals surface area (Å²) in [5, 5.41) is 3.37. The summed E-state index contributed by atoms with van der Waals surface area (Å²) in [6.07, 6.45) is 0. The highest BCUT2D eigenvalue weighted by Gasteiger charge is 2.07. The Bertz CT molecular complexity index is 341. The number of nitrogens with one attached hydrogen (secondary N) is 1. The van der Waals surface area contributed by atoms with E-state index in [0.717, 1.165) is 23.6 Å². The van der Waals surface area contributed by atoms with Crippen molar-refractivity contribution in [3.63, 3.8) is 0 Å². The van der Waals surface area contributed by atoms with Gasteiger partial charge in [0.2, 0.25) is 0 Å². The summed E-state index contributed by atoms with van der Waals surface area (Å²) >= 11 is 0. The first-order chi connectivity index (χ1) is 8.21. The molecule has 1 rings (SSSR count). The fourth-order valence-corrected chi connectivity index (χ4v) is 1.61. The van der Waals surface area contributed by atoms with E-state index >= 15 is 0 Å². The van der Waals surface area contributed by atoms with Gasteiger partial charge in [-0.3, -0.25) is 0 Å². The van der Waals surface area contributed by atoms with Crippen LogP contribution in [0, 0.1) is 0 Å². The standard InChI is InChI=1S/C13H21NO3/c1-10(9-15-2)14-8-11-7-12(16-3)5-6-13(11)17-4/h5-7,10,14H,8-9H2,1-4H3. The van der Waals surface area contributed by atoms with Crippen LogP contribution in [-0.2, 0) is 11.3 Å². The van der Waals surface area contributed by atoms with Gasteiger partial charge in [0, 0.05) is 25.3 Å². The molecule has 0 amide bonds. The Balaban J connectivity index is 2.67. The van der Waals surface area contributed by atoms with Gasteiger partial charge in [0.1, 0.15) is 11.5 Å². The molecule has 1 aromatic carbocycles. The number of hydrogen-bond donors (Lipinski definition) is 1. The molecule has 0 saturated heterocycles. The average Bonchev–Trinajstić information content (AvgIpc) is 2.36. The van der Waals surface area contributed by atoms with Gasteiger partial charge >= 0.3 is 0 Å². The molecule has 1 unspecified atom stereocenters. The van der Waals surface area contributed by atoms with E-state index in [1.807, 2.05) is 18.2 Å². The van der Waals surface area contributed by atoms with E-state index in [1.54, 1.807) is 21.3 Å². The molecule has 1 atom stereocenters. The van der Waals surface area contributed by atoms with Crippen molar-refractivity contribution in [2.24, 2.45) is 0 Å². The maximum absolute atomic E-state index is 5.31. The second-order valence-electron chi connectivity index (χ2n) is 3.92. The maximum atomic E-state index is 5.31. The SMILES string of the molecule is COCC(C)NCc1cc(OC)ccc1OC. The summed E-state index contributed by atoms with van der Waals surface area (Å²) < 4.78 is 15.6. The molecule has 0 fully saturated rings. The lowest BCUT2D eigenvalue weighted by Gasteiger charge is -2.15. The largest absolute Gasteiger partial charge is 0.497 e. The molecular weight excluding hydrogens is 218 g/mol. The monoisotopic (exact) mass is 239 g/mol. The quantitative estimate of drug-likeness (QED) is 0.788. The third-order valence-corrected chi connectivity index (χ3v) is 2.55. The molecule has 4 heteroatoms. The summed E-state index contributed by atoms with van der Waals surface area (Å²) in [6, 6.07) is 6.08. The highest BCUT2D eigenvalue weighted by atomic mass is 16.5. The summed E-state index contributed by atoms with van der Waals surface area (Å²) in [6.45, 7) is 3.49. The first-order valence-corrected chi connectivity index (χ1v) is 5.64. The molecule has 0 aliphatic heterocycles. The van der Waals surface area contributed by atoms with Gasteiger partial charge in [-0.05, 0) is 25.1 Å². The number of hydrogen-bond acceptors (Lipinski definition) is 4. The summed E-state index contributed by atoms with van der Waals surface area (Å²) in [5.74, 6) is 1.70. The van der Waals surface area contributed by atoms with Crippen molar-refractivity contribution < 1.29 is 14.2 Å². The van der Waals surface area contributed by atoms with Crippen molar-refractivity contribution >= 4 is 0 Å². The summed E-state index contributed by atoms with van der Waals surface area (Å²) in [5.41, 5.74) is 1.08. The molecule has 96 valence electrons. The predicted molar refractivity (Wildman–Crippen MR) is 67.7 cm³/mol. The first-order valence-electron chi connectivity index (χ1n) is 5.64. The summed E-state index contributed by atoms with van der Waals surface area (Å²) in [4.78, 5) is 0. The van der Waals surface area contributed by atoms with E-state index in [0.29, 0.717) is 12.6 Å². The molecule has 0 radical (unpaired) electrons. The van der Waals surface area contributed by atoms with E-state index < -0.39 is 0 Å². The van der Waals surface area contributed by atoms with Crippen molar-refractivity contribution in [3.05, 3.63) is 23.8 Å². The Morgan fingerprint density at radius 1 is 1.18 bits per heavy atom. The van der Waals surface area contributed by atoms with Gasteiger partial charge in [-0.2, -0.15) is 0 Å². The van der Waals surface area contributed by atoms with Crippen LogP contribution in [0.15, 0.2) is 18.2 Å². The van der Waals surface area contributed by atoms with Crippen molar-refractivity contribution in [2.75, 3.05) is 27.9 Å². The zero-order chi connectivity index (χ0) is 12.7. The highest BCUT2D eigenvalue weighted by Crippen LogP contribution is 2.23. The summed E-state index contributed by atoms with van der Waals surface area (Å²) in [7, 11) is 5.03. The minimum Gasteiger partial charge on any atom is -0.497 e. The van der Waals surface area contributed by atoms with Crippen LogP contribution in [0.4, 0.5) is 0 Å². The number of ether oxygens (including phenoxy) is 3. The van der Waals surface area contributed by atoms with Crippen LogP contribution in [0.3, 0.4) is 0 Å². The lowest BCUT2D eigenvalue weighted by atomic mass is 10.1. The van der Waals surface area contributed by atoms with Gasteiger partial charge in [-0.1, -0.05) is 0 Å². The van der Waals surface area contributed by atoms with E-state index in [4.69, 9.17) is 14.2 Å². The molecule has 0 bridgehead atoms. The molecule has 0 spiro atoms. The normalized spacial score (nSPS) is 12.2. The third kappa shape index (κ3) is 4.24. The maximum Gasteiger partial charge on any atom is 0.123 e. The Hall–Kier alpha value is -1.26. The number of rotatable bonds is 7. The van der Waals surface area contributed by atoms with Crippen LogP contribution in [0.25, 0.3) is 0 Å². The van der Waals surface area contributed by atoms with Crippen molar-refractivity contribution in [2.45, 2.75) is 19.5 Å². The minimum atomic E-state index is 0.302. The molecule has 0 heterocycles. The van der Waals surface area contributed by atoms with Gasteiger partial charge in [0.25, 0.3) is 0 Å². The van der Waals surface area contributed by atoms with E-state index in [9.17, 15) is 0 Å². The van der Waals surface area contributed by atoms with Gasteiger partial charge in [0.05, 0.1) is 20.8 Å². The fourth-order valence-electron chi connectivity index (χ4n) is 1.61. The molecule has 0 aliphatic rings. The van der Waals surface area contributed by atoms with Gasteiger partial charge in [-0.15, -0.1) is 0 Å². The zero-order valence-corrected chi connectivity index (χ0v) is 10.9. The molecular formula is C13H21NO3. The van der Waals surface area contributed by atoms with Crippen LogP contribution in [0.1, 0.15) is 12.5 Å². The highest BCUT2D eigenvalue weighted by molar-refractivity contribution is 5.40. The van der Waals surface area contributed by atoms with Crippen molar-refractivity contribution in [3.8, 4) is 11.5 Å². The molecule has 0 saturated carbocycles. The lowest BCUT2D eigenvalue weighted by Crippen LogP contribution is -2.29. The van der Waals surface area contributed by atoms with Crippen LogP contribution >= 0.6 is 0 Å². The molecule has 0 aromatic heterocycles. The Labute approximate surface area is 103 Å². The van der Waals surface area contributed by atoms with E-state index in [1.165, 1.54) is 0 Å². The van der Waals surface area contributed by atoms with Gasteiger partial charge < -0.3 is 19.5 Å². The molecule has 1 N–H and O–H groups in total. The molecule has 0 aliphatic carbocycles. The van der Waals surface area contributed by atoms with Crippen LogP contribution in [0.5, 0.6) is 11.5 Å². The van der Waals surface area contributed by atoms with E-state index in [2.05, 4.69) is 12.2 Å². The number of benzene rings is 1. The average molecular weight is 239 g/mol. The second kappa shape index (κ2) is 7.14. The van der Waals surface area contributed by atoms with Crippen molar-refractivity contribution in [1.82, 2.24) is 5.32 Å². The first kappa shape index (κ1) is 13.8. The van der Waals surface area contributed by atoms with Crippen molar-refractivity contribution in [1.29, 1.82) is 0 Å². The topological polar surface area (TPSA) is 39.7 Å². The smallest absolute Gasteiger partial charge is 0.123 e. The fraction of sp³-hybridized carbons (Fsp3) is 0.538. The van der Waals surface area contributed by atoms with Crippen LogP contribution in [0.2, 0.25) is 0 Å². The lowest BCUT2D eigenvalue weighted by molar-refractivity contribution is 0.171. The molecule has 17 heavy (non-hydrogen) atoms. The zero-order valence-electron chi connectivity index (χ0n) is 10.9.